The zero-order valence-corrected chi connectivity index (χ0v) is 12.6. The Labute approximate surface area is 114 Å². The molecule has 7 nitrogen and oxygen atoms in total. The lowest BCUT2D eigenvalue weighted by molar-refractivity contribution is 0.296. The van der Waals surface area contributed by atoms with Crippen molar-refractivity contribution in [3.8, 4) is 0 Å². The molecule has 0 fully saturated rings. The van der Waals surface area contributed by atoms with E-state index < -0.39 is 16.5 Å². The number of hydrogen-bond acceptors (Lipinski definition) is 4. The van der Waals surface area contributed by atoms with Crippen molar-refractivity contribution in [2.45, 2.75) is 13.8 Å². The molecule has 0 saturated carbocycles. The van der Waals surface area contributed by atoms with E-state index in [1.165, 1.54) is 0 Å². The third-order valence-electron chi connectivity index (χ3n) is 1.15. The van der Waals surface area contributed by atoms with Crippen molar-refractivity contribution in [3.05, 3.63) is 36.4 Å². The Balaban J connectivity index is -0.000000197. The van der Waals surface area contributed by atoms with Gasteiger partial charge in [0, 0.05) is 9.13 Å². The molecule has 110 valence electrons. The summed E-state index contributed by atoms with van der Waals surface area (Å²) in [6, 6.07) is 12.0. The molecular weight excluding hydrogens is 294 g/mol. The van der Waals surface area contributed by atoms with Gasteiger partial charge in [-0.05, 0) is 13.8 Å². The molecule has 2 atom stereocenters. The van der Waals surface area contributed by atoms with Crippen LogP contribution >= 0.6 is 16.5 Å². The second-order valence-corrected chi connectivity index (χ2v) is 3.93. The Morgan fingerprint density at radius 2 is 1.00 bits per heavy atom. The predicted octanol–water partition coefficient (Wildman–Crippen LogP) is 2.21. The van der Waals surface area contributed by atoms with Crippen LogP contribution < -0.4 is 0 Å². The summed E-state index contributed by atoms with van der Waals surface area (Å²) in [6.07, 6.45) is 0. The largest absolute Gasteiger partial charge is 0.694 e. The molecule has 0 aliphatic rings. The van der Waals surface area contributed by atoms with Crippen molar-refractivity contribution in [1.29, 1.82) is 0 Å². The molecule has 0 saturated heterocycles. The van der Waals surface area contributed by atoms with Crippen LogP contribution in [0.25, 0.3) is 0 Å². The van der Waals surface area contributed by atoms with Gasteiger partial charge in [0.25, 0.3) is 0 Å². The van der Waals surface area contributed by atoms with Gasteiger partial charge in [0.1, 0.15) is 13.2 Å². The molecule has 0 amide bonds. The minimum Gasteiger partial charge on any atom is -0.412 e. The van der Waals surface area contributed by atoms with Crippen molar-refractivity contribution in [1.82, 2.24) is 0 Å². The summed E-state index contributed by atoms with van der Waals surface area (Å²) in [7, 11) is -4.70. The molecule has 0 aliphatic carbocycles. The van der Waals surface area contributed by atoms with E-state index in [9.17, 15) is 9.13 Å². The first kappa shape index (κ1) is 23.3. The first-order valence-electron chi connectivity index (χ1n) is 5.12. The maximum absolute atomic E-state index is 9.53. The Kier molecular flexibility index (Phi) is 24.0. The first-order chi connectivity index (χ1) is 8.54. The van der Waals surface area contributed by atoms with Gasteiger partial charge in [-0.3, -0.25) is 0 Å². The van der Waals surface area contributed by atoms with E-state index in [2.05, 4.69) is 9.05 Å². The molecule has 1 aromatic carbocycles. The van der Waals surface area contributed by atoms with E-state index in [0.717, 1.165) is 0 Å². The SMILES string of the molecule is CCO[P+](=O)O.CCO[P+](=O)O.O.c1ccccc1. The average Bonchev–Trinajstić information content (AvgIpc) is 2.32. The van der Waals surface area contributed by atoms with Gasteiger partial charge in [0.05, 0.1) is 0 Å². The molecule has 1 aromatic rings. The van der Waals surface area contributed by atoms with Crippen molar-refractivity contribution >= 4 is 16.5 Å². The third-order valence-corrected chi connectivity index (χ3v) is 2.10. The second-order valence-electron chi connectivity index (χ2n) is 2.47. The van der Waals surface area contributed by atoms with Gasteiger partial charge in [-0.15, -0.1) is 18.8 Å². The van der Waals surface area contributed by atoms with Crippen LogP contribution in [0.2, 0.25) is 0 Å². The van der Waals surface area contributed by atoms with Gasteiger partial charge in [0.15, 0.2) is 0 Å². The molecule has 0 radical (unpaired) electrons. The van der Waals surface area contributed by atoms with Crippen LogP contribution in [0.15, 0.2) is 36.4 Å². The lowest BCUT2D eigenvalue weighted by Crippen LogP contribution is -1.72. The molecule has 9 heteroatoms. The average molecular weight is 314 g/mol. The molecule has 1 rings (SSSR count). The summed E-state index contributed by atoms with van der Waals surface area (Å²) in [5, 5.41) is 0. The Morgan fingerprint density at radius 3 is 1.05 bits per heavy atom. The quantitative estimate of drug-likeness (QED) is 0.821. The van der Waals surface area contributed by atoms with Crippen LogP contribution in [-0.4, -0.2) is 28.5 Å². The van der Waals surface area contributed by atoms with Crippen molar-refractivity contribution in [2.24, 2.45) is 0 Å². The van der Waals surface area contributed by atoms with Gasteiger partial charge >= 0.3 is 16.5 Å². The van der Waals surface area contributed by atoms with Crippen LogP contribution in [-0.2, 0) is 18.2 Å². The first-order valence-corrected chi connectivity index (χ1v) is 7.38. The second kappa shape index (κ2) is 19.6. The van der Waals surface area contributed by atoms with Gasteiger partial charge in [-0.2, -0.15) is 0 Å². The summed E-state index contributed by atoms with van der Waals surface area (Å²) in [4.78, 5) is 15.7. The van der Waals surface area contributed by atoms with E-state index in [1.807, 2.05) is 36.4 Å². The standard InChI is InChI=1S/C6H6.2C2H5O3P.H2O/c1-2-4-6-5-3-1;2*1-2-5-6(3)4;/h1-6H;2*2H2,1H3;1H2/p+2. The van der Waals surface area contributed by atoms with Crippen LogP contribution in [0.4, 0.5) is 0 Å². The van der Waals surface area contributed by atoms with Gasteiger partial charge in [0.2, 0.25) is 0 Å². The van der Waals surface area contributed by atoms with Gasteiger partial charge < -0.3 is 5.48 Å². The fourth-order valence-electron chi connectivity index (χ4n) is 0.606. The molecule has 0 aliphatic heterocycles. The molecule has 19 heavy (non-hydrogen) atoms. The van der Waals surface area contributed by atoms with Gasteiger partial charge in [-0.1, -0.05) is 36.4 Å². The highest BCUT2D eigenvalue weighted by atomic mass is 31.1. The summed E-state index contributed by atoms with van der Waals surface area (Å²) in [5.41, 5.74) is 0. The highest BCUT2D eigenvalue weighted by Crippen LogP contribution is 2.12. The van der Waals surface area contributed by atoms with Crippen LogP contribution in [0, 0.1) is 0 Å². The summed E-state index contributed by atoms with van der Waals surface area (Å²) in [5.74, 6) is 0. The van der Waals surface area contributed by atoms with Crippen molar-refractivity contribution < 1.29 is 33.4 Å². The number of hydrogen-bond donors (Lipinski definition) is 2. The topological polar surface area (TPSA) is 125 Å². The van der Waals surface area contributed by atoms with Crippen LogP contribution in [0.1, 0.15) is 13.8 Å². The maximum Gasteiger partial charge on any atom is 0.694 e. The van der Waals surface area contributed by atoms with E-state index in [0.29, 0.717) is 13.2 Å². The zero-order valence-electron chi connectivity index (χ0n) is 10.8. The highest BCUT2D eigenvalue weighted by molar-refractivity contribution is 7.32. The van der Waals surface area contributed by atoms with Crippen LogP contribution in [0.3, 0.4) is 0 Å². The van der Waals surface area contributed by atoms with Crippen molar-refractivity contribution in [2.75, 3.05) is 13.2 Å². The van der Waals surface area contributed by atoms with E-state index >= 15 is 0 Å². The maximum atomic E-state index is 9.53. The Hall–Kier alpha value is -0.780. The molecule has 0 heterocycles. The highest BCUT2D eigenvalue weighted by Gasteiger charge is 2.07. The smallest absolute Gasteiger partial charge is 0.412 e. The Morgan fingerprint density at radius 1 is 0.789 bits per heavy atom. The van der Waals surface area contributed by atoms with Crippen molar-refractivity contribution in [3.63, 3.8) is 0 Å². The lowest BCUT2D eigenvalue weighted by atomic mass is 10.4. The van der Waals surface area contributed by atoms with E-state index in [-0.39, 0.29) is 5.48 Å². The fourth-order valence-corrected chi connectivity index (χ4v) is 1.05. The summed E-state index contributed by atoms with van der Waals surface area (Å²) >= 11 is 0. The molecule has 0 spiro atoms. The van der Waals surface area contributed by atoms with Gasteiger partial charge in [-0.25, -0.2) is 0 Å². The molecule has 0 aromatic heterocycles. The number of benzene rings is 1. The van der Waals surface area contributed by atoms with Crippen LogP contribution in [0.5, 0.6) is 0 Å². The minimum atomic E-state index is -2.35. The molecule has 2 unspecified atom stereocenters. The monoisotopic (exact) mass is 314 g/mol. The van der Waals surface area contributed by atoms with E-state index in [4.69, 9.17) is 9.79 Å². The third kappa shape index (κ3) is 31.7. The number of rotatable bonds is 4. The minimum absolute atomic E-state index is 0. The zero-order chi connectivity index (χ0) is 14.2. The Bertz CT molecular complexity index is 265. The summed E-state index contributed by atoms with van der Waals surface area (Å²) in [6.45, 7) is 3.91. The van der Waals surface area contributed by atoms with E-state index in [1.54, 1.807) is 13.8 Å². The normalized spacial score (nSPS) is 9.68. The summed E-state index contributed by atoms with van der Waals surface area (Å²) < 4.78 is 27.3. The molecular formula is C10H20O7P2+2. The lowest BCUT2D eigenvalue weighted by Gasteiger charge is -1.69. The molecule has 4 N–H and O–H groups in total. The molecule has 0 bridgehead atoms. The fraction of sp³-hybridized carbons (Fsp3) is 0.400. The predicted molar refractivity (Wildman–Crippen MR) is 73.0 cm³/mol.